The largest absolute Gasteiger partial charge is 0.402 e. The molecule has 3 nitrogen and oxygen atoms in total. The third-order valence-electron chi connectivity index (χ3n) is 3.10. The Balaban J connectivity index is 2.23. The van der Waals surface area contributed by atoms with Crippen LogP contribution in [-0.4, -0.2) is 19.9 Å². The van der Waals surface area contributed by atoms with Crippen molar-refractivity contribution in [1.29, 1.82) is 0 Å². The second-order valence-corrected chi connectivity index (χ2v) is 4.75. The first-order valence-electron chi connectivity index (χ1n) is 5.81. The molecule has 0 heterocycles. The lowest BCUT2D eigenvalue weighted by molar-refractivity contribution is -0.118. The van der Waals surface area contributed by atoms with Crippen LogP contribution in [0.4, 0.5) is 5.69 Å². The van der Waals surface area contributed by atoms with Gasteiger partial charge in [-0.3, -0.25) is 4.79 Å². The summed E-state index contributed by atoms with van der Waals surface area (Å²) in [6.07, 6.45) is 2.99. The van der Waals surface area contributed by atoms with E-state index in [1.54, 1.807) is 0 Å². The van der Waals surface area contributed by atoms with Crippen LogP contribution in [0.25, 0.3) is 0 Å². The van der Waals surface area contributed by atoms with Gasteiger partial charge in [0.05, 0.1) is 0 Å². The quantitative estimate of drug-likeness (QED) is 0.845. The Bertz CT molecular complexity index is 446. The molecule has 1 aliphatic rings. The Kier molecular flexibility index (Phi) is 3.18. The molecule has 1 unspecified atom stereocenters. The molecule has 0 saturated carbocycles. The number of rotatable bonds is 2. The normalized spacial score (nSPS) is 20.0. The van der Waals surface area contributed by atoms with Crippen LogP contribution in [-0.2, 0) is 4.79 Å². The molecule has 0 radical (unpaired) electrons. The molecule has 1 atom stereocenters. The number of nitrogens with two attached hydrogens (primary N) is 1. The van der Waals surface area contributed by atoms with E-state index in [1.165, 1.54) is 0 Å². The smallest absolute Gasteiger partial charge is 0.139 e. The van der Waals surface area contributed by atoms with Crippen LogP contribution in [0.15, 0.2) is 36.0 Å². The van der Waals surface area contributed by atoms with Gasteiger partial charge < -0.3 is 10.6 Å². The number of hydrogen-bond donors (Lipinski definition) is 1. The highest BCUT2D eigenvalue weighted by Crippen LogP contribution is 2.28. The number of benzene rings is 1. The number of ketones is 1. The van der Waals surface area contributed by atoms with E-state index in [-0.39, 0.29) is 11.7 Å². The van der Waals surface area contributed by atoms with E-state index in [4.69, 9.17) is 5.73 Å². The van der Waals surface area contributed by atoms with Crippen molar-refractivity contribution in [2.45, 2.75) is 18.8 Å². The molecule has 1 aromatic carbocycles. The number of allylic oxidation sites excluding steroid dienone is 2. The van der Waals surface area contributed by atoms with Gasteiger partial charge in [0.15, 0.2) is 0 Å². The molecule has 2 rings (SSSR count). The van der Waals surface area contributed by atoms with Crippen LogP contribution < -0.4 is 10.6 Å². The number of carbonyl (C=O) groups is 1. The highest BCUT2D eigenvalue weighted by molar-refractivity contribution is 5.83. The van der Waals surface area contributed by atoms with Crippen molar-refractivity contribution < 1.29 is 4.79 Å². The number of anilines is 1. The monoisotopic (exact) mass is 230 g/mol. The highest BCUT2D eigenvalue weighted by Gasteiger charge is 2.19. The van der Waals surface area contributed by atoms with Gasteiger partial charge in [0.2, 0.25) is 0 Å². The molecule has 0 fully saturated rings. The summed E-state index contributed by atoms with van der Waals surface area (Å²) in [7, 11) is 4.02. The van der Waals surface area contributed by atoms with Crippen LogP contribution >= 0.6 is 0 Å². The molecule has 17 heavy (non-hydrogen) atoms. The summed E-state index contributed by atoms with van der Waals surface area (Å²) in [6, 6.07) is 8.28. The SMILES string of the molecule is CN(C)c1ccc(C2C=C(N)CC(=O)C2)cc1. The molecule has 1 aromatic rings. The summed E-state index contributed by atoms with van der Waals surface area (Å²) in [5.41, 5.74) is 8.78. The second kappa shape index (κ2) is 4.62. The first kappa shape index (κ1) is 11.7. The van der Waals surface area contributed by atoms with Gasteiger partial charge in [0.1, 0.15) is 5.78 Å². The molecule has 0 spiro atoms. The zero-order valence-electron chi connectivity index (χ0n) is 10.3. The summed E-state index contributed by atoms with van der Waals surface area (Å²) in [4.78, 5) is 13.6. The molecule has 0 aliphatic heterocycles. The topological polar surface area (TPSA) is 46.3 Å². The minimum Gasteiger partial charge on any atom is -0.402 e. The molecule has 0 amide bonds. The number of hydrogen-bond acceptors (Lipinski definition) is 3. The van der Waals surface area contributed by atoms with E-state index < -0.39 is 0 Å². The zero-order valence-corrected chi connectivity index (χ0v) is 10.3. The standard InChI is InChI=1S/C14H18N2O/c1-16(2)13-5-3-10(4-6-13)11-7-12(15)9-14(17)8-11/h3-7,11H,8-9,15H2,1-2H3. The van der Waals surface area contributed by atoms with Crippen molar-refractivity contribution in [2.75, 3.05) is 19.0 Å². The van der Waals surface area contributed by atoms with Crippen molar-refractivity contribution in [1.82, 2.24) is 0 Å². The molecule has 90 valence electrons. The number of carbonyl (C=O) groups excluding carboxylic acids is 1. The van der Waals surface area contributed by atoms with E-state index in [0.29, 0.717) is 18.5 Å². The molecule has 0 aromatic heterocycles. The average molecular weight is 230 g/mol. The van der Waals surface area contributed by atoms with Crippen molar-refractivity contribution in [3.63, 3.8) is 0 Å². The third-order valence-corrected chi connectivity index (χ3v) is 3.10. The van der Waals surface area contributed by atoms with Gasteiger partial charge in [-0.25, -0.2) is 0 Å². The first-order chi connectivity index (χ1) is 8.06. The van der Waals surface area contributed by atoms with Crippen molar-refractivity contribution >= 4 is 11.5 Å². The van der Waals surface area contributed by atoms with Gasteiger partial charge in [0, 0.05) is 44.2 Å². The second-order valence-electron chi connectivity index (χ2n) is 4.75. The number of Topliss-reactive ketones (excluding diaryl/α,β-unsaturated/α-hetero) is 1. The zero-order chi connectivity index (χ0) is 12.4. The van der Waals surface area contributed by atoms with Gasteiger partial charge in [-0.05, 0) is 17.7 Å². The van der Waals surface area contributed by atoms with E-state index in [2.05, 4.69) is 29.2 Å². The lowest BCUT2D eigenvalue weighted by Gasteiger charge is -2.20. The van der Waals surface area contributed by atoms with Gasteiger partial charge in [-0.2, -0.15) is 0 Å². The predicted octanol–water partition coefficient (Wildman–Crippen LogP) is 2.04. The maximum Gasteiger partial charge on any atom is 0.139 e. The Hall–Kier alpha value is -1.77. The Morgan fingerprint density at radius 2 is 1.88 bits per heavy atom. The third kappa shape index (κ3) is 2.67. The molecule has 3 heteroatoms. The van der Waals surface area contributed by atoms with Gasteiger partial charge >= 0.3 is 0 Å². The predicted molar refractivity (Wildman–Crippen MR) is 70.0 cm³/mol. The Morgan fingerprint density at radius 1 is 1.24 bits per heavy atom. The fourth-order valence-electron chi connectivity index (χ4n) is 2.16. The van der Waals surface area contributed by atoms with Crippen molar-refractivity contribution in [2.24, 2.45) is 5.73 Å². The van der Waals surface area contributed by atoms with E-state index in [9.17, 15) is 4.79 Å². The van der Waals surface area contributed by atoms with Crippen LogP contribution in [0.2, 0.25) is 0 Å². The van der Waals surface area contributed by atoms with Crippen LogP contribution in [0, 0.1) is 0 Å². The molecule has 2 N–H and O–H groups in total. The summed E-state index contributed by atoms with van der Waals surface area (Å²) >= 11 is 0. The summed E-state index contributed by atoms with van der Waals surface area (Å²) in [6.45, 7) is 0. The summed E-state index contributed by atoms with van der Waals surface area (Å²) < 4.78 is 0. The van der Waals surface area contributed by atoms with Gasteiger partial charge in [-0.1, -0.05) is 18.2 Å². The van der Waals surface area contributed by atoms with Crippen LogP contribution in [0.3, 0.4) is 0 Å². The maximum atomic E-state index is 11.5. The highest BCUT2D eigenvalue weighted by atomic mass is 16.1. The minimum atomic E-state index is 0.146. The minimum absolute atomic E-state index is 0.146. The maximum absolute atomic E-state index is 11.5. The number of nitrogens with zero attached hydrogens (tertiary/aromatic N) is 1. The summed E-state index contributed by atoms with van der Waals surface area (Å²) in [5.74, 6) is 0.374. The lowest BCUT2D eigenvalue weighted by Crippen LogP contribution is -2.16. The fraction of sp³-hybridized carbons (Fsp3) is 0.357. The first-order valence-corrected chi connectivity index (χ1v) is 5.81. The van der Waals surface area contributed by atoms with Gasteiger partial charge in [-0.15, -0.1) is 0 Å². The average Bonchev–Trinajstić information content (AvgIpc) is 2.28. The lowest BCUT2D eigenvalue weighted by atomic mass is 9.87. The fourth-order valence-corrected chi connectivity index (χ4v) is 2.16. The Labute approximate surface area is 102 Å². The molecule has 0 saturated heterocycles. The van der Waals surface area contributed by atoms with Crippen LogP contribution in [0.5, 0.6) is 0 Å². The van der Waals surface area contributed by atoms with Crippen LogP contribution in [0.1, 0.15) is 24.3 Å². The molecular weight excluding hydrogens is 212 g/mol. The van der Waals surface area contributed by atoms with E-state index in [1.807, 2.05) is 20.2 Å². The summed E-state index contributed by atoms with van der Waals surface area (Å²) in [5, 5.41) is 0. The van der Waals surface area contributed by atoms with Crippen molar-refractivity contribution in [3.8, 4) is 0 Å². The molecular formula is C14H18N2O. The molecule has 1 aliphatic carbocycles. The van der Waals surface area contributed by atoms with Gasteiger partial charge in [0.25, 0.3) is 0 Å². The van der Waals surface area contributed by atoms with E-state index >= 15 is 0 Å². The Morgan fingerprint density at radius 3 is 2.41 bits per heavy atom. The molecule has 0 bridgehead atoms. The van der Waals surface area contributed by atoms with Crippen molar-refractivity contribution in [3.05, 3.63) is 41.6 Å². The van der Waals surface area contributed by atoms with E-state index in [0.717, 1.165) is 11.3 Å².